The number of benzene rings is 2. The summed E-state index contributed by atoms with van der Waals surface area (Å²) in [5.74, 6) is -0.258. The van der Waals surface area contributed by atoms with Crippen molar-refractivity contribution in [3.63, 3.8) is 0 Å². The van der Waals surface area contributed by atoms with E-state index < -0.39 is 5.91 Å². The molecule has 0 saturated carbocycles. The zero-order valence-electron chi connectivity index (χ0n) is 14.2. The summed E-state index contributed by atoms with van der Waals surface area (Å²) in [6, 6.07) is 14.1. The number of ether oxygens (including phenoxy) is 1. The van der Waals surface area contributed by atoms with Gasteiger partial charge in [0.25, 0.3) is 11.8 Å². The van der Waals surface area contributed by atoms with Gasteiger partial charge in [0, 0.05) is 15.6 Å². The topological polar surface area (TPSA) is 71.9 Å². The van der Waals surface area contributed by atoms with Crippen LogP contribution in [0.5, 0.6) is 5.75 Å². The van der Waals surface area contributed by atoms with Crippen LogP contribution < -0.4 is 20.5 Å². The monoisotopic (exact) mass is 396 g/mol. The van der Waals surface area contributed by atoms with Crippen molar-refractivity contribution in [1.29, 1.82) is 0 Å². The number of quaternary nitrogens is 1. The Balaban J connectivity index is 1.68. The van der Waals surface area contributed by atoms with Crippen LogP contribution in [0.3, 0.4) is 0 Å². The summed E-state index contributed by atoms with van der Waals surface area (Å²) in [6.07, 6.45) is 0. The van der Waals surface area contributed by atoms with Crippen LogP contribution in [0.15, 0.2) is 48.5 Å². The Morgan fingerprint density at radius 3 is 2.35 bits per heavy atom. The fourth-order valence-corrected chi connectivity index (χ4v) is 2.53. The SMILES string of the molecule is C[NH+](CC(=O)NNC(=O)COc1ccc(Cl)cc1)Cc1ccccc1Cl. The normalized spacial score (nSPS) is 11.5. The Morgan fingerprint density at radius 2 is 1.65 bits per heavy atom. The van der Waals surface area contributed by atoms with E-state index in [0.29, 0.717) is 22.3 Å². The molecule has 6 nitrogen and oxygen atoms in total. The van der Waals surface area contributed by atoms with E-state index in [2.05, 4.69) is 10.9 Å². The lowest BCUT2D eigenvalue weighted by Crippen LogP contribution is -3.09. The number of likely N-dealkylation sites (N-methyl/N-ethyl adjacent to an activating group) is 1. The molecule has 0 radical (unpaired) electrons. The standard InChI is InChI=1S/C18H19Cl2N3O3/c1-23(10-13-4-2-3-5-16(13)20)11-17(24)21-22-18(25)12-26-15-8-6-14(19)7-9-15/h2-9H,10-12H2,1H3,(H,21,24)(H,22,25)/p+1. The second-order valence-electron chi connectivity index (χ2n) is 5.74. The highest BCUT2D eigenvalue weighted by atomic mass is 35.5. The van der Waals surface area contributed by atoms with Gasteiger partial charge >= 0.3 is 0 Å². The Labute approximate surface area is 162 Å². The van der Waals surface area contributed by atoms with Crippen molar-refractivity contribution in [3.8, 4) is 5.75 Å². The Morgan fingerprint density at radius 1 is 1.00 bits per heavy atom. The molecule has 0 heterocycles. The molecule has 0 spiro atoms. The van der Waals surface area contributed by atoms with Crippen molar-refractivity contribution >= 4 is 35.0 Å². The van der Waals surface area contributed by atoms with E-state index in [1.165, 1.54) is 0 Å². The first-order chi connectivity index (χ1) is 12.4. The fraction of sp³-hybridized carbons (Fsp3) is 0.222. The molecule has 8 heteroatoms. The third-order valence-electron chi connectivity index (χ3n) is 3.44. The Hall–Kier alpha value is -2.28. The van der Waals surface area contributed by atoms with Gasteiger partial charge in [-0.1, -0.05) is 41.4 Å². The quantitative estimate of drug-likeness (QED) is 0.616. The molecule has 0 aliphatic heterocycles. The second-order valence-corrected chi connectivity index (χ2v) is 6.58. The van der Waals surface area contributed by atoms with Crippen molar-refractivity contribution in [3.05, 3.63) is 64.1 Å². The maximum absolute atomic E-state index is 11.9. The lowest BCUT2D eigenvalue weighted by Gasteiger charge is -2.15. The lowest BCUT2D eigenvalue weighted by atomic mass is 10.2. The van der Waals surface area contributed by atoms with Crippen LogP contribution in [0.1, 0.15) is 5.56 Å². The zero-order chi connectivity index (χ0) is 18.9. The summed E-state index contributed by atoms with van der Waals surface area (Å²) < 4.78 is 5.29. The molecule has 0 fully saturated rings. The molecule has 2 aromatic rings. The van der Waals surface area contributed by atoms with Crippen LogP contribution in [0, 0.1) is 0 Å². The van der Waals surface area contributed by atoms with Gasteiger partial charge in [0.05, 0.1) is 7.05 Å². The fourth-order valence-electron chi connectivity index (χ4n) is 2.20. The maximum Gasteiger partial charge on any atom is 0.293 e. The van der Waals surface area contributed by atoms with Gasteiger partial charge < -0.3 is 9.64 Å². The summed E-state index contributed by atoms with van der Waals surface area (Å²) in [6.45, 7) is 0.564. The molecule has 138 valence electrons. The first kappa shape index (κ1) is 20.0. The molecule has 0 bridgehead atoms. The van der Waals surface area contributed by atoms with Crippen LogP contribution in [-0.2, 0) is 16.1 Å². The van der Waals surface area contributed by atoms with Crippen LogP contribution in [0.2, 0.25) is 10.0 Å². The van der Waals surface area contributed by atoms with Crippen LogP contribution in [0.4, 0.5) is 0 Å². The Bertz CT molecular complexity index is 754. The number of amides is 2. The molecule has 0 aromatic heterocycles. The molecule has 2 rings (SSSR count). The summed E-state index contributed by atoms with van der Waals surface area (Å²) in [5.41, 5.74) is 5.64. The number of hydrogen-bond donors (Lipinski definition) is 3. The summed E-state index contributed by atoms with van der Waals surface area (Å²) in [7, 11) is 1.87. The average molecular weight is 397 g/mol. The number of hydrazine groups is 1. The first-order valence-corrected chi connectivity index (χ1v) is 8.70. The summed E-state index contributed by atoms with van der Waals surface area (Å²) >= 11 is 11.9. The molecule has 1 unspecified atom stereocenters. The molecule has 3 N–H and O–H groups in total. The molecule has 0 aliphatic rings. The highest BCUT2D eigenvalue weighted by molar-refractivity contribution is 6.31. The maximum atomic E-state index is 11.9. The van der Waals surface area contributed by atoms with Crippen LogP contribution in [0.25, 0.3) is 0 Å². The third kappa shape index (κ3) is 6.92. The van der Waals surface area contributed by atoms with E-state index in [1.807, 2.05) is 31.3 Å². The van der Waals surface area contributed by atoms with Gasteiger partial charge in [-0.2, -0.15) is 0 Å². The average Bonchev–Trinajstić information content (AvgIpc) is 2.61. The van der Waals surface area contributed by atoms with Crippen LogP contribution >= 0.6 is 23.2 Å². The number of halogens is 2. The van der Waals surface area contributed by atoms with Gasteiger partial charge in [-0.05, 0) is 30.3 Å². The number of carbonyl (C=O) groups excluding carboxylic acids is 2. The minimum Gasteiger partial charge on any atom is -0.484 e. The first-order valence-electron chi connectivity index (χ1n) is 7.95. The van der Waals surface area contributed by atoms with Crippen molar-refractivity contribution in [2.45, 2.75) is 6.54 Å². The van der Waals surface area contributed by atoms with Crippen molar-refractivity contribution < 1.29 is 19.2 Å². The van der Waals surface area contributed by atoms with Gasteiger partial charge in [0.1, 0.15) is 12.3 Å². The van der Waals surface area contributed by atoms with E-state index in [9.17, 15) is 9.59 Å². The number of hydrogen-bond acceptors (Lipinski definition) is 3. The van der Waals surface area contributed by atoms with Gasteiger partial charge in [-0.3, -0.25) is 20.4 Å². The van der Waals surface area contributed by atoms with E-state index in [-0.39, 0.29) is 19.1 Å². The van der Waals surface area contributed by atoms with E-state index in [1.54, 1.807) is 24.3 Å². The third-order valence-corrected chi connectivity index (χ3v) is 4.06. The molecule has 2 amide bonds. The molecule has 0 aliphatic carbocycles. The van der Waals surface area contributed by atoms with Crippen molar-refractivity contribution in [1.82, 2.24) is 10.9 Å². The number of carbonyl (C=O) groups is 2. The van der Waals surface area contributed by atoms with Gasteiger partial charge in [-0.25, -0.2) is 0 Å². The second kappa shape index (κ2) is 10.0. The highest BCUT2D eigenvalue weighted by Crippen LogP contribution is 2.15. The predicted octanol–water partition coefficient (Wildman–Crippen LogP) is 1.23. The lowest BCUT2D eigenvalue weighted by molar-refractivity contribution is -0.885. The molecule has 2 aromatic carbocycles. The smallest absolute Gasteiger partial charge is 0.293 e. The number of rotatable bonds is 7. The highest BCUT2D eigenvalue weighted by Gasteiger charge is 2.13. The molecular weight excluding hydrogens is 377 g/mol. The zero-order valence-corrected chi connectivity index (χ0v) is 15.7. The van der Waals surface area contributed by atoms with Crippen molar-refractivity contribution in [2.24, 2.45) is 0 Å². The van der Waals surface area contributed by atoms with Gasteiger partial charge in [0.2, 0.25) is 0 Å². The Kier molecular flexibility index (Phi) is 7.72. The minimum absolute atomic E-state index is 0.184. The molecular formula is C18H20Cl2N3O3+. The predicted molar refractivity (Wildman–Crippen MR) is 100 cm³/mol. The van der Waals surface area contributed by atoms with Gasteiger partial charge in [-0.15, -0.1) is 0 Å². The number of nitrogens with one attached hydrogen (secondary N) is 3. The summed E-state index contributed by atoms with van der Waals surface area (Å²) in [4.78, 5) is 24.6. The summed E-state index contributed by atoms with van der Waals surface area (Å²) in [5, 5.41) is 1.25. The van der Waals surface area contributed by atoms with E-state index in [0.717, 1.165) is 10.5 Å². The van der Waals surface area contributed by atoms with E-state index >= 15 is 0 Å². The molecule has 1 atom stereocenters. The van der Waals surface area contributed by atoms with Crippen LogP contribution in [-0.4, -0.2) is 32.0 Å². The minimum atomic E-state index is -0.461. The van der Waals surface area contributed by atoms with Gasteiger partial charge in [0.15, 0.2) is 13.2 Å². The largest absolute Gasteiger partial charge is 0.484 e. The van der Waals surface area contributed by atoms with Crippen molar-refractivity contribution in [2.75, 3.05) is 20.2 Å². The molecule has 26 heavy (non-hydrogen) atoms. The van der Waals surface area contributed by atoms with E-state index in [4.69, 9.17) is 27.9 Å². The molecule has 0 saturated heterocycles.